The first-order valence-electron chi connectivity index (χ1n) is 9.87. The summed E-state index contributed by atoms with van der Waals surface area (Å²) in [6, 6.07) is 16.8. The zero-order valence-corrected chi connectivity index (χ0v) is 17.8. The maximum Gasteiger partial charge on any atom is 0.344 e. The number of benzene rings is 2. The van der Waals surface area contributed by atoms with Crippen molar-refractivity contribution in [2.45, 2.75) is 31.9 Å². The SMILES string of the molecule is C[C@@]1(CCc2ccccc2)NC(=O)N(NC(=O)COCc2nc3ccccc3s2)C1=O. The second-order valence-corrected chi connectivity index (χ2v) is 8.61. The Morgan fingerprint density at radius 1 is 1.16 bits per heavy atom. The molecule has 4 amide bonds. The van der Waals surface area contributed by atoms with Crippen molar-refractivity contribution in [3.63, 3.8) is 0 Å². The molecule has 1 aliphatic heterocycles. The number of aromatic nitrogens is 1. The van der Waals surface area contributed by atoms with Gasteiger partial charge in [-0.25, -0.2) is 9.78 Å². The molecule has 9 heteroatoms. The van der Waals surface area contributed by atoms with Crippen molar-refractivity contribution < 1.29 is 19.1 Å². The lowest BCUT2D eigenvalue weighted by Crippen LogP contribution is -2.49. The summed E-state index contributed by atoms with van der Waals surface area (Å²) in [7, 11) is 0. The summed E-state index contributed by atoms with van der Waals surface area (Å²) in [5, 5.41) is 4.15. The molecule has 0 radical (unpaired) electrons. The third-order valence-electron chi connectivity index (χ3n) is 5.05. The van der Waals surface area contributed by atoms with Crippen molar-refractivity contribution in [1.29, 1.82) is 0 Å². The van der Waals surface area contributed by atoms with Gasteiger partial charge in [-0.2, -0.15) is 5.01 Å². The lowest BCUT2D eigenvalue weighted by atomic mass is 9.93. The summed E-state index contributed by atoms with van der Waals surface area (Å²) in [4.78, 5) is 41.7. The molecule has 160 valence electrons. The molecule has 2 aromatic carbocycles. The van der Waals surface area contributed by atoms with E-state index in [-0.39, 0.29) is 13.2 Å². The average Bonchev–Trinajstić information content (AvgIpc) is 3.27. The number of aryl methyl sites for hydroxylation is 1. The number of amides is 4. The van der Waals surface area contributed by atoms with Crippen LogP contribution in [0.15, 0.2) is 54.6 Å². The number of carbonyl (C=O) groups is 3. The van der Waals surface area contributed by atoms with E-state index >= 15 is 0 Å². The largest absolute Gasteiger partial charge is 0.364 e. The number of fused-ring (bicyclic) bond motifs is 1. The quantitative estimate of drug-likeness (QED) is 0.527. The van der Waals surface area contributed by atoms with Gasteiger partial charge in [0, 0.05) is 0 Å². The average molecular weight is 439 g/mol. The lowest BCUT2D eigenvalue weighted by Gasteiger charge is -2.21. The number of nitrogens with one attached hydrogen (secondary N) is 2. The number of rotatable bonds is 8. The van der Waals surface area contributed by atoms with Gasteiger partial charge < -0.3 is 10.1 Å². The van der Waals surface area contributed by atoms with Crippen LogP contribution in [0.4, 0.5) is 4.79 Å². The first kappa shape index (κ1) is 21.0. The summed E-state index contributed by atoms with van der Waals surface area (Å²) in [5.74, 6) is -1.08. The van der Waals surface area contributed by atoms with E-state index in [0.29, 0.717) is 12.8 Å². The van der Waals surface area contributed by atoms with Crippen LogP contribution in [-0.2, 0) is 27.4 Å². The van der Waals surface area contributed by atoms with E-state index in [2.05, 4.69) is 15.7 Å². The monoisotopic (exact) mass is 438 g/mol. The molecule has 0 saturated carbocycles. The van der Waals surface area contributed by atoms with Gasteiger partial charge in [-0.15, -0.1) is 11.3 Å². The topological polar surface area (TPSA) is 101 Å². The highest BCUT2D eigenvalue weighted by Gasteiger charge is 2.48. The van der Waals surface area contributed by atoms with Crippen molar-refractivity contribution in [3.8, 4) is 0 Å². The molecule has 0 spiro atoms. The smallest absolute Gasteiger partial charge is 0.344 e. The Balaban J connectivity index is 1.28. The standard InChI is InChI=1S/C22H22N4O4S/c1-22(12-11-15-7-3-2-4-8-15)20(28)26(21(29)24-22)25-18(27)13-30-14-19-23-16-9-5-6-10-17(16)31-19/h2-10H,11-14H2,1H3,(H,24,29)(H,25,27)/t22-/m0/s1. The molecule has 1 saturated heterocycles. The molecule has 1 aromatic heterocycles. The van der Waals surface area contributed by atoms with E-state index in [1.165, 1.54) is 11.3 Å². The molecule has 2 N–H and O–H groups in total. The van der Waals surface area contributed by atoms with Crippen LogP contribution >= 0.6 is 11.3 Å². The Morgan fingerprint density at radius 2 is 1.90 bits per heavy atom. The molecule has 1 atom stereocenters. The van der Waals surface area contributed by atoms with E-state index in [1.807, 2.05) is 54.6 Å². The second-order valence-electron chi connectivity index (χ2n) is 7.49. The minimum absolute atomic E-state index is 0.168. The number of hydrazine groups is 1. The number of imide groups is 1. The number of hydrogen-bond donors (Lipinski definition) is 2. The van der Waals surface area contributed by atoms with Crippen LogP contribution in [0.25, 0.3) is 10.2 Å². The number of thiazole rings is 1. The van der Waals surface area contributed by atoms with Gasteiger partial charge in [0.15, 0.2) is 0 Å². The van der Waals surface area contributed by atoms with Crippen molar-refractivity contribution in [3.05, 3.63) is 65.2 Å². The molecule has 3 aromatic rings. The van der Waals surface area contributed by atoms with E-state index in [0.717, 1.165) is 25.8 Å². The summed E-state index contributed by atoms with van der Waals surface area (Å²) < 4.78 is 6.46. The van der Waals surface area contributed by atoms with Crippen LogP contribution in [0.1, 0.15) is 23.9 Å². The van der Waals surface area contributed by atoms with E-state index in [4.69, 9.17) is 4.74 Å². The third kappa shape index (κ3) is 4.73. The molecule has 0 unspecified atom stereocenters. The number of ether oxygens (including phenoxy) is 1. The summed E-state index contributed by atoms with van der Waals surface area (Å²) >= 11 is 1.49. The molecule has 1 fully saturated rings. The van der Waals surface area contributed by atoms with Crippen molar-refractivity contribution in [2.24, 2.45) is 0 Å². The number of hydrogen-bond acceptors (Lipinski definition) is 6. The Bertz CT molecular complexity index is 1080. The lowest BCUT2D eigenvalue weighted by molar-refractivity contribution is -0.140. The number of para-hydroxylation sites is 1. The predicted molar refractivity (Wildman–Crippen MR) is 116 cm³/mol. The van der Waals surface area contributed by atoms with E-state index < -0.39 is 23.4 Å². The highest BCUT2D eigenvalue weighted by Crippen LogP contribution is 2.23. The van der Waals surface area contributed by atoms with Crippen LogP contribution in [0.2, 0.25) is 0 Å². The number of nitrogens with zero attached hydrogens (tertiary/aromatic N) is 2. The van der Waals surface area contributed by atoms with Gasteiger partial charge in [0.25, 0.3) is 11.8 Å². The Kier molecular flexibility index (Phi) is 5.97. The van der Waals surface area contributed by atoms with Crippen molar-refractivity contribution >= 4 is 39.4 Å². The maximum absolute atomic E-state index is 12.8. The first-order chi connectivity index (χ1) is 14.9. The zero-order chi connectivity index (χ0) is 21.8. The normalized spacial score (nSPS) is 18.4. The van der Waals surface area contributed by atoms with Gasteiger partial charge in [0.2, 0.25) is 0 Å². The van der Waals surface area contributed by atoms with Gasteiger partial charge in [0.05, 0.1) is 16.8 Å². The van der Waals surface area contributed by atoms with Gasteiger partial charge in [-0.3, -0.25) is 15.0 Å². The molecule has 2 heterocycles. The fraction of sp³-hybridized carbons (Fsp3) is 0.273. The minimum Gasteiger partial charge on any atom is -0.364 e. The zero-order valence-electron chi connectivity index (χ0n) is 17.0. The fourth-order valence-electron chi connectivity index (χ4n) is 3.36. The Hall–Kier alpha value is -3.30. The predicted octanol–water partition coefficient (Wildman–Crippen LogP) is 2.79. The molecule has 31 heavy (non-hydrogen) atoms. The summed E-state index contributed by atoms with van der Waals surface area (Å²) in [6.07, 6.45) is 1.04. The van der Waals surface area contributed by atoms with Gasteiger partial charge in [-0.1, -0.05) is 42.5 Å². The number of carbonyl (C=O) groups excluding carboxylic acids is 3. The van der Waals surface area contributed by atoms with Gasteiger partial charge >= 0.3 is 6.03 Å². The molecule has 0 aliphatic carbocycles. The fourth-order valence-corrected chi connectivity index (χ4v) is 4.27. The van der Waals surface area contributed by atoms with Crippen LogP contribution in [0.3, 0.4) is 0 Å². The summed E-state index contributed by atoms with van der Waals surface area (Å²) in [5.41, 5.74) is 3.20. The molecular weight excluding hydrogens is 416 g/mol. The number of urea groups is 1. The molecule has 0 bridgehead atoms. The van der Waals surface area contributed by atoms with Crippen LogP contribution < -0.4 is 10.7 Å². The maximum atomic E-state index is 12.8. The third-order valence-corrected chi connectivity index (χ3v) is 6.06. The Morgan fingerprint density at radius 3 is 2.68 bits per heavy atom. The highest BCUT2D eigenvalue weighted by atomic mass is 32.1. The van der Waals surface area contributed by atoms with Crippen LogP contribution in [0, 0.1) is 0 Å². The van der Waals surface area contributed by atoms with Crippen molar-refractivity contribution in [1.82, 2.24) is 20.7 Å². The van der Waals surface area contributed by atoms with E-state index in [9.17, 15) is 14.4 Å². The molecule has 1 aliphatic rings. The first-order valence-corrected chi connectivity index (χ1v) is 10.7. The molecule has 4 rings (SSSR count). The van der Waals surface area contributed by atoms with Crippen molar-refractivity contribution in [2.75, 3.05) is 6.61 Å². The molecule has 8 nitrogen and oxygen atoms in total. The van der Waals surface area contributed by atoms with Gasteiger partial charge in [0.1, 0.15) is 17.2 Å². The van der Waals surface area contributed by atoms with Crippen LogP contribution in [-0.4, -0.2) is 40.0 Å². The summed E-state index contributed by atoms with van der Waals surface area (Å²) in [6.45, 7) is 1.53. The molecular formula is C22H22N4O4S. The second kappa shape index (κ2) is 8.83. The highest BCUT2D eigenvalue weighted by molar-refractivity contribution is 7.18. The van der Waals surface area contributed by atoms with E-state index in [1.54, 1.807) is 6.92 Å². The Labute approximate surface area is 183 Å². The van der Waals surface area contributed by atoms with Crippen LogP contribution in [0.5, 0.6) is 0 Å². The minimum atomic E-state index is -1.08. The van der Waals surface area contributed by atoms with Gasteiger partial charge in [-0.05, 0) is 37.5 Å².